The van der Waals surface area contributed by atoms with Gasteiger partial charge in [0, 0.05) is 31.9 Å². The number of likely N-dealkylation sites (tertiary alicyclic amines) is 1. The fourth-order valence-electron chi connectivity index (χ4n) is 1.95. The molecule has 1 aliphatic heterocycles. The summed E-state index contributed by atoms with van der Waals surface area (Å²) in [6.45, 7) is 2.03. The van der Waals surface area contributed by atoms with Crippen molar-refractivity contribution in [3.63, 3.8) is 0 Å². The molecule has 0 aliphatic carbocycles. The zero-order valence-corrected chi connectivity index (χ0v) is 8.95. The lowest BCUT2D eigenvalue weighted by molar-refractivity contribution is 0.370. The van der Waals surface area contributed by atoms with E-state index in [9.17, 15) is 0 Å². The van der Waals surface area contributed by atoms with Crippen LogP contribution in [0.3, 0.4) is 0 Å². The van der Waals surface area contributed by atoms with Gasteiger partial charge in [-0.1, -0.05) is 0 Å². The van der Waals surface area contributed by atoms with E-state index in [1.54, 1.807) is 0 Å². The highest BCUT2D eigenvalue weighted by Gasteiger charge is 2.13. The summed E-state index contributed by atoms with van der Waals surface area (Å²) in [7, 11) is 0. The van der Waals surface area contributed by atoms with Crippen LogP contribution in [0.15, 0.2) is 24.5 Å². The number of nitrogens with one attached hydrogen (secondary N) is 1. The highest BCUT2D eigenvalue weighted by Crippen LogP contribution is 2.11. The summed E-state index contributed by atoms with van der Waals surface area (Å²) >= 11 is 0. The van der Waals surface area contributed by atoms with Crippen molar-refractivity contribution in [2.24, 2.45) is 0 Å². The van der Waals surface area contributed by atoms with Crippen LogP contribution >= 0.6 is 0 Å². The Hall–Kier alpha value is -1.38. The molecule has 80 valence electrons. The summed E-state index contributed by atoms with van der Waals surface area (Å²) in [6.07, 6.45) is 8.05. The lowest BCUT2D eigenvalue weighted by Crippen LogP contribution is -2.36. The Morgan fingerprint density at radius 3 is 2.80 bits per heavy atom. The number of pyridine rings is 1. The molecule has 1 aromatic rings. The molecule has 1 saturated heterocycles. The van der Waals surface area contributed by atoms with Crippen molar-refractivity contribution in [3.05, 3.63) is 30.1 Å². The minimum absolute atomic E-state index is 0.815. The van der Waals surface area contributed by atoms with Gasteiger partial charge >= 0.3 is 0 Å². The molecule has 0 aromatic carbocycles. The first-order valence-electron chi connectivity index (χ1n) is 5.57. The molecular weight excluding hydrogens is 186 g/mol. The SMILES string of the molecule is N=C1CCCCN1CCc1ccncc1. The molecule has 1 aliphatic rings. The zero-order valence-electron chi connectivity index (χ0n) is 8.95. The van der Waals surface area contributed by atoms with Gasteiger partial charge in [-0.2, -0.15) is 0 Å². The van der Waals surface area contributed by atoms with Crippen molar-refractivity contribution < 1.29 is 0 Å². The first-order chi connectivity index (χ1) is 7.36. The van der Waals surface area contributed by atoms with Gasteiger partial charge in [0.2, 0.25) is 0 Å². The van der Waals surface area contributed by atoms with E-state index < -0.39 is 0 Å². The van der Waals surface area contributed by atoms with Crippen LogP contribution < -0.4 is 0 Å². The Morgan fingerprint density at radius 1 is 1.27 bits per heavy atom. The lowest BCUT2D eigenvalue weighted by atomic mass is 10.1. The van der Waals surface area contributed by atoms with E-state index >= 15 is 0 Å². The molecule has 1 aromatic heterocycles. The van der Waals surface area contributed by atoms with Crippen molar-refractivity contribution >= 4 is 5.84 Å². The quantitative estimate of drug-likeness (QED) is 0.817. The highest BCUT2D eigenvalue weighted by molar-refractivity contribution is 5.79. The predicted octanol–water partition coefficient (Wildman–Crippen LogP) is 2.09. The van der Waals surface area contributed by atoms with Gasteiger partial charge in [-0.3, -0.25) is 10.4 Å². The third-order valence-electron chi connectivity index (χ3n) is 2.89. The molecular formula is C12H17N3. The third kappa shape index (κ3) is 2.78. The number of nitrogens with zero attached hydrogens (tertiary/aromatic N) is 2. The second-order valence-corrected chi connectivity index (χ2v) is 4.00. The molecule has 0 saturated carbocycles. The second kappa shape index (κ2) is 4.91. The van der Waals surface area contributed by atoms with Gasteiger partial charge in [-0.05, 0) is 37.0 Å². The summed E-state index contributed by atoms with van der Waals surface area (Å²) in [5, 5.41) is 7.83. The first kappa shape index (κ1) is 10.1. The lowest BCUT2D eigenvalue weighted by Gasteiger charge is -2.29. The smallest absolute Gasteiger partial charge is 0.0957 e. The van der Waals surface area contributed by atoms with Crippen molar-refractivity contribution in [2.75, 3.05) is 13.1 Å². The number of rotatable bonds is 3. The monoisotopic (exact) mass is 203 g/mol. The van der Waals surface area contributed by atoms with Crippen LogP contribution in [0, 0.1) is 5.41 Å². The molecule has 0 spiro atoms. The number of piperidine rings is 1. The van der Waals surface area contributed by atoms with Crippen molar-refractivity contribution in [1.82, 2.24) is 9.88 Å². The van der Waals surface area contributed by atoms with Crippen LogP contribution in [-0.2, 0) is 6.42 Å². The van der Waals surface area contributed by atoms with Gasteiger partial charge in [-0.25, -0.2) is 0 Å². The standard InChI is InChI=1S/C12H17N3/c13-12-3-1-2-9-15(12)10-6-11-4-7-14-8-5-11/h4-5,7-8,13H,1-3,6,9-10H2. The average molecular weight is 203 g/mol. The maximum Gasteiger partial charge on any atom is 0.0957 e. The molecule has 0 amide bonds. The Balaban J connectivity index is 1.85. The Bertz CT molecular complexity index is 321. The second-order valence-electron chi connectivity index (χ2n) is 4.00. The van der Waals surface area contributed by atoms with Crippen LogP contribution in [0.25, 0.3) is 0 Å². The fraction of sp³-hybridized carbons (Fsp3) is 0.500. The molecule has 1 N–H and O–H groups in total. The largest absolute Gasteiger partial charge is 0.360 e. The molecule has 3 heteroatoms. The number of hydrogen-bond donors (Lipinski definition) is 1. The van der Waals surface area contributed by atoms with Crippen LogP contribution in [-0.4, -0.2) is 28.8 Å². The van der Waals surface area contributed by atoms with Gasteiger partial charge in [0.15, 0.2) is 0 Å². The molecule has 2 heterocycles. The number of hydrogen-bond acceptors (Lipinski definition) is 2. The number of aromatic nitrogens is 1. The van der Waals surface area contributed by atoms with E-state index in [2.05, 4.69) is 9.88 Å². The molecule has 3 nitrogen and oxygen atoms in total. The normalized spacial score (nSPS) is 16.8. The summed E-state index contributed by atoms with van der Waals surface area (Å²) in [5.74, 6) is 0.815. The van der Waals surface area contributed by atoms with E-state index in [0.29, 0.717) is 0 Å². The maximum atomic E-state index is 7.83. The van der Waals surface area contributed by atoms with E-state index in [4.69, 9.17) is 5.41 Å². The van der Waals surface area contributed by atoms with Crippen LogP contribution in [0.4, 0.5) is 0 Å². The van der Waals surface area contributed by atoms with Crippen LogP contribution in [0.2, 0.25) is 0 Å². The van der Waals surface area contributed by atoms with E-state index in [-0.39, 0.29) is 0 Å². The first-order valence-corrected chi connectivity index (χ1v) is 5.57. The van der Waals surface area contributed by atoms with Crippen LogP contribution in [0.5, 0.6) is 0 Å². The molecule has 2 rings (SSSR count). The van der Waals surface area contributed by atoms with Gasteiger partial charge in [0.05, 0.1) is 5.84 Å². The third-order valence-corrected chi connectivity index (χ3v) is 2.89. The van der Waals surface area contributed by atoms with Gasteiger partial charge in [-0.15, -0.1) is 0 Å². The van der Waals surface area contributed by atoms with Crippen molar-refractivity contribution in [2.45, 2.75) is 25.7 Å². The minimum atomic E-state index is 0.815. The molecule has 0 atom stereocenters. The Labute approximate surface area is 90.6 Å². The minimum Gasteiger partial charge on any atom is -0.360 e. The summed E-state index contributed by atoms with van der Waals surface area (Å²) in [6, 6.07) is 4.10. The van der Waals surface area contributed by atoms with Gasteiger partial charge < -0.3 is 4.90 Å². The molecule has 15 heavy (non-hydrogen) atoms. The Kier molecular flexibility index (Phi) is 3.33. The molecule has 0 bridgehead atoms. The molecule has 0 unspecified atom stereocenters. The topological polar surface area (TPSA) is 40.0 Å². The molecule has 0 radical (unpaired) electrons. The van der Waals surface area contributed by atoms with E-state index in [0.717, 1.165) is 31.8 Å². The van der Waals surface area contributed by atoms with Crippen molar-refractivity contribution in [3.8, 4) is 0 Å². The van der Waals surface area contributed by atoms with Gasteiger partial charge in [0.25, 0.3) is 0 Å². The Morgan fingerprint density at radius 2 is 2.07 bits per heavy atom. The van der Waals surface area contributed by atoms with Gasteiger partial charge in [0.1, 0.15) is 0 Å². The zero-order chi connectivity index (χ0) is 10.5. The summed E-state index contributed by atoms with van der Waals surface area (Å²) in [5.41, 5.74) is 1.31. The fourth-order valence-corrected chi connectivity index (χ4v) is 1.95. The average Bonchev–Trinajstić information content (AvgIpc) is 2.29. The summed E-state index contributed by atoms with van der Waals surface area (Å²) in [4.78, 5) is 6.20. The van der Waals surface area contributed by atoms with Crippen LogP contribution in [0.1, 0.15) is 24.8 Å². The van der Waals surface area contributed by atoms with Crippen molar-refractivity contribution in [1.29, 1.82) is 5.41 Å². The molecule has 1 fully saturated rings. The highest BCUT2D eigenvalue weighted by atomic mass is 15.2. The van der Waals surface area contributed by atoms with E-state index in [1.807, 2.05) is 24.5 Å². The number of amidine groups is 1. The van der Waals surface area contributed by atoms with E-state index in [1.165, 1.54) is 18.4 Å². The summed E-state index contributed by atoms with van der Waals surface area (Å²) < 4.78 is 0. The predicted molar refractivity (Wildman–Crippen MR) is 61.1 cm³/mol. The maximum absolute atomic E-state index is 7.83.